The van der Waals surface area contributed by atoms with Crippen LogP contribution in [0.25, 0.3) is 0 Å². The number of nitriles is 2. The fourth-order valence-electron chi connectivity index (χ4n) is 2.01. The van der Waals surface area contributed by atoms with Crippen molar-refractivity contribution in [3.63, 3.8) is 0 Å². The fourth-order valence-corrected chi connectivity index (χ4v) is 2.50. The Labute approximate surface area is 139 Å². The molecule has 22 heavy (non-hydrogen) atoms. The molecule has 0 amide bonds. The number of hydrogen-bond acceptors (Lipinski definition) is 2. The highest BCUT2D eigenvalue weighted by Gasteiger charge is 2.07. The Morgan fingerprint density at radius 3 is 2.18 bits per heavy atom. The summed E-state index contributed by atoms with van der Waals surface area (Å²) in [4.78, 5) is 0. The maximum absolute atomic E-state index is 8.98. The topological polar surface area (TPSA) is 47.6 Å². The first-order chi connectivity index (χ1) is 10.6. The van der Waals surface area contributed by atoms with Crippen molar-refractivity contribution in [2.75, 3.05) is 0 Å². The number of rotatable bonds is 2. The van der Waals surface area contributed by atoms with Gasteiger partial charge in [-0.15, -0.1) is 0 Å². The van der Waals surface area contributed by atoms with E-state index in [4.69, 9.17) is 10.5 Å². The van der Waals surface area contributed by atoms with E-state index in [1.54, 1.807) is 0 Å². The summed E-state index contributed by atoms with van der Waals surface area (Å²) in [6, 6.07) is 16.0. The molecule has 0 N–H and O–H groups in total. The molecule has 3 heteroatoms. The number of benzene rings is 2. The zero-order valence-corrected chi connectivity index (χ0v) is 13.7. The molecule has 0 unspecified atom stereocenters. The van der Waals surface area contributed by atoms with Gasteiger partial charge >= 0.3 is 0 Å². The van der Waals surface area contributed by atoms with E-state index in [2.05, 4.69) is 39.9 Å². The summed E-state index contributed by atoms with van der Waals surface area (Å²) in [5, 5.41) is 17.8. The van der Waals surface area contributed by atoms with Gasteiger partial charge in [0.1, 0.15) is 0 Å². The molecule has 2 rings (SSSR count). The highest BCUT2D eigenvalue weighted by molar-refractivity contribution is 9.10. The minimum absolute atomic E-state index is 0.281. The van der Waals surface area contributed by atoms with Crippen LogP contribution in [0.15, 0.2) is 40.9 Å². The number of hydrogen-bond donors (Lipinski definition) is 0. The highest BCUT2D eigenvalue weighted by atomic mass is 79.9. The first kappa shape index (κ1) is 15.8. The van der Waals surface area contributed by atoms with Gasteiger partial charge in [-0.1, -0.05) is 51.5 Å². The summed E-state index contributed by atoms with van der Waals surface area (Å²) in [6.07, 6.45) is 0.592. The van der Waals surface area contributed by atoms with Crippen LogP contribution < -0.4 is 0 Å². The first-order valence-electron chi connectivity index (χ1n) is 6.78. The van der Waals surface area contributed by atoms with Crippen molar-refractivity contribution in [3.05, 3.63) is 68.7 Å². The van der Waals surface area contributed by atoms with E-state index in [0.29, 0.717) is 6.42 Å². The van der Waals surface area contributed by atoms with Crippen LogP contribution in [0.5, 0.6) is 0 Å². The molecule has 2 aromatic rings. The zero-order chi connectivity index (χ0) is 15.9. The van der Waals surface area contributed by atoms with Gasteiger partial charge in [0, 0.05) is 15.6 Å². The summed E-state index contributed by atoms with van der Waals surface area (Å²) in [7, 11) is 0. The number of nitrogens with zero attached hydrogens (tertiary/aromatic N) is 2. The van der Waals surface area contributed by atoms with Gasteiger partial charge in [0.05, 0.1) is 25.0 Å². The van der Waals surface area contributed by atoms with Crippen molar-refractivity contribution < 1.29 is 0 Å². The van der Waals surface area contributed by atoms with Crippen LogP contribution in [0, 0.1) is 41.4 Å². The maximum Gasteiger partial charge on any atom is 0.0670 e. The normalized spacial score (nSPS) is 9.27. The van der Waals surface area contributed by atoms with Crippen molar-refractivity contribution in [1.82, 2.24) is 0 Å². The van der Waals surface area contributed by atoms with Gasteiger partial charge in [-0.05, 0) is 36.2 Å². The van der Waals surface area contributed by atoms with Gasteiger partial charge in [0.2, 0.25) is 0 Å². The molecule has 0 fully saturated rings. The third-order valence-electron chi connectivity index (χ3n) is 3.20. The SMILES string of the molecule is Cc1ccc(C#Cc2cc(Br)c(CC#N)cc2CC#N)cc1. The molecule has 0 radical (unpaired) electrons. The predicted molar refractivity (Wildman–Crippen MR) is 89.9 cm³/mol. The molecule has 0 bridgehead atoms. The average molecular weight is 349 g/mol. The van der Waals surface area contributed by atoms with E-state index in [-0.39, 0.29) is 6.42 Å². The van der Waals surface area contributed by atoms with Crippen molar-refractivity contribution in [2.45, 2.75) is 19.8 Å². The Morgan fingerprint density at radius 2 is 1.55 bits per heavy atom. The summed E-state index contributed by atoms with van der Waals surface area (Å²) >= 11 is 3.47. The van der Waals surface area contributed by atoms with Gasteiger partial charge < -0.3 is 0 Å². The van der Waals surface area contributed by atoms with Crippen LogP contribution in [0.3, 0.4) is 0 Å². The van der Waals surface area contributed by atoms with Crippen LogP contribution in [-0.2, 0) is 12.8 Å². The molecule has 0 saturated heterocycles. The lowest BCUT2D eigenvalue weighted by Crippen LogP contribution is -1.94. The lowest BCUT2D eigenvalue weighted by atomic mass is 10.0. The third kappa shape index (κ3) is 3.98. The molecule has 0 spiro atoms. The van der Waals surface area contributed by atoms with Gasteiger partial charge in [-0.25, -0.2) is 0 Å². The summed E-state index contributed by atoms with van der Waals surface area (Å²) in [6.45, 7) is 2.03. The molecule has 2 aromatic carbocycles. The lowest BCUT2D eigenvalue weighted by Gasteiger charge is -2.06. The molecular weight excluding hydrogens is 336 g/mol. The molecular formula is C19H13BrN2. The molecule has 0 aliphatic heterocycles. The summed E-state index contributed by atoms with van der Waals surface area (Å²) in [5.74, 6) is 6.25. The Morgan fingerprint density at radius 1 is 0.909 bits per heavy atom. The Hall–Kier alpha value is -2.54. The van der Waals surface area contributed by atoms with E-state index < -0.39 is 0 Å². The van der Waals surface area contributed by atoms with E-state index in [1.807, 2.05) is 43.3 Å². The monoisotopic (exact) mass is 348 g/mol. The second-order valence-electron chi connectivity index (χ2n) is 4.89. The van der Waals surface area contributed by atoms with Crippen LogP contribution >= 0.6 is 15.9 Å². The molecule has 106 valence electrons. The standard InChI is InChI=1S/C19H13BrN2/c1-14-2-4-15(5-3-14)6-7-16-13-19(20)18(9-11-22)12-17(16)8-10-21/h2-5,12-13H,8-9H2,1H3. The van der Waals surface area contributed by atoms with Crippen LogP contribution in [0.2, 0.25) is 0 Å². The van der Waals surface area contributed by atoms with Gasteiger partial charge in [0.15, 0.2) is 0 Å². The highest BCUT2D eigenvalue weighted by Crippen LogP contribution is 2.23. The van der Waals surface area contributed by atoms with E-state index in [0.717, 1.165) is 26.7 Å². The second-order valence-corrected chi connectivity index (χ2v) is 5.74. The van der Waals surface area contributed by atoms with Crippen molar-refractivity contribution >= 4 is 15.9 Å². The predicted octanol–water partition coefficient (Wildman–Crippen LogP) is 4.29. The molecule has 0 heterocycles. The molecule has 0 aromatic heterocycles. The molecule has 0 aliphatic carbocycles. The Kier molecular flexibility index (Phi) is 5.37. The Bertz CT molecular complexity index is 825. The van der Waals surface area contributed by atoms with Crippen molar-refractivity contribution in [1.29, 1.82) is 10.5 Å². The third-order valence-corrected chi connectivity index (χ3v) is 3.94. The lowest BCUT2D eigenvalue weighted by molar-refractivity contribution is 1.18. The fraction of sp³-hybridized carbons (Fsp3) is 0.158. The molecule has 0 atom stereocenters. The minimum atomic E-state index is 0.281. The molecule has 0 aliphatic rings. The zero-order valence-electron chi connectivity index (χ0n) is 12.2. The van der Waals surface area contributed by atoms with Crippen LogP contribution in [0.4, 0.5) is 0 Å². The number of aryl methyl sites for hydroxylation is 1. The van der Waals surface area contributed by atoms with Crippen molar-refractivity contribution in [2.24, 2.45) is 0 Å². The van der Waals surface area contributed by atoms with Crippen LogP contribution in [0.1, 0.15) is 27.8 Å². The number of halogens is 1. The Balaban J connectivity index is 2.42. The first-order valence-corrected chi connectivity index (χ1v) is 7.57. The average Bonchev–Trinajstić information content (AvgIpc) is 2.51. The van der Waals surface area contributed by atoms with Gasteiger partial charge in [-0.2, -0.15) is 10.5 Å². The second kappa shape index (κ2) is 7.46. The maximum atomic E-state index is 8.98. The largest absolute Gasteiger partial charge is 0.198 e. The van der Waals surface area contributed by atoms with E-state index >= 15 is 0 Å². The molecule has 2 nitrogen and oxygen atoms in total. The summed E-state index contributed by atoms with van der Waals surface area (Å²) < 4.78 is 0.851. The van der Waals surface area contributed by atoms with Crippen molar-refractivity contribution in [3.8, 4) is 24.0 Å². The molecule has 0 saturated carbocycles. The van der Waals surface area contributed by atoms with E-state index in [1.165, 1.54) is 5.56 Å². The minimum Gasteiger partial charge on any atom is -0.198 e. The van der Waals surface area contributed by atoms with Crippen LogP contribution in [-0.4, -0.2) is 0 Å². The summed E-state index contributed by atoms with van der Waals surface area (Å²) in [5.41, 5.74) is 4.69. The quantitative estimate of drug-likeness (QED) is 0.760. The van der Waals surface area contributed by atoms with Gasteiger partial charge in [-0.3, -0.25) is 0 Å². The van der Waals surface area contributed by atoms with Gasteiger partial charge in [0.25, 0.3) is 0 Å². The smallest absolute Gasteiger partial charge is 0.0670 e. The van der Waals surface area contributed by atoms with E-state index in [9.17, 15) is 0 Å².